The highest BCUT2D eigenvalue weighted by Crippen LogP contribution is 2.44. The van der Waals surface area contributed by atoms with E-state index in [0.717, 1.165) is 22.3 Å². The lowest BCUT2D eigenvalue weighted by atomic mass is 9.98. The van der Waals surface area contributed by atoms with Crippen molar-refractivity contribution >= 4 is 20.1 Å². The highest BCUT2D eigenvalue weighted by molar-refractivity contribution is 5.98. The van der Waals surface area contributed by atoms with Crippen molar-refractivity contribution in [1.82, 2.24) is 5.32 Å². The van der Waals surface area contributed by atoms with Crippen molar-refractivity contribution in [3.05, 3.63) is 59.7 Å². The Morgan fingerprint density at radius 3 is 2.15 bits per heavy atom. The van der Waals surface area contributed by atoms with E-state index in [1.54, 1.807) is 0 Å². The molecule has 0 bridgehead atoms. The van der Waals surface area contributed by atoms with Crippen LogP contribution >= 0.6 is 0 Å². The number of alkyl carbamates (subject to hydrolysis) is 1. The topological polar surface area (TPSA) is 84.9 Å². The van der Waals surface area contributed by atoms with Gasteiger partial charge in [0.2, 0.25) is 0 Å². The predicted molar refractivity (Wildman–Crippen MR) is 95.9 cm³/mol. The van der Waals surface area contributed by atoms with Gasteiger partial charge in [0.05, 0.1) is 6.10 Å². The number of amides is 1. The van der Waals surface area contributed by atoms with Gasteiger partial charge in [-0.1, -0.05) is 48.5 Å². The molecule has 1 aliphatic carbocycles. The zero-order valence-corrected chi connectivity index (χ0v) is 14.2. The summed E-state index contributed by atoms with van der Waals surface area (Å²) in [5.74, 6) is -1.35. The summed E-state index contributed by atoms with van der Waals surface area (Å²) in [6.45, 7) is 1.55. The molecule has 26 heavy (non-hydrogen) atoms. The van der Waals surface area contributed by atoms with Gasteiger partial charge in [-0.25, -0.2) is 9.59 Å². The number of fused-ring (bicyclic) bond motifs is 3. The Labute approximate surface area is 152 Å². The van der Waals surface area contributed by atoms with Crippen LogP contribution in [0.2, 0.25) is 0 Å². The summed E-state index contributed by atoms with van der Waals surface area (Å²) in [7, 11) is 5.01. The first-order valence-corrected chi connectivity index (χ1v) is 8.22. The van der Waals surface area contributed by atoms with Gasteiger partial charge < -0.3 is 19.8 Å². The molecule has 0 saturated carbocycles. The number of benzene rings is 2. The zero-order valence-electron chi connectivity index (χ0n) is 14.2. The number of nitrogens with one attached hydrogen (secondary N) is 1. The minimum absolute atomic E-state index is 0.0976. The number of ether oxygens (including phenoxy) is 1. The molecular weight excluding hydrogens is 333 g/mol. The van der Waals surface area contributed by atoms with Crippen molar-refractivity contribution in [2.45, 2.75) is 25.0 Å². The molecule has 1 amide bonds. The summed E-state index contributed by atoms with van der Waals surface area (Å²) < 4.78 is 9.80. The van der Waals surface area contributed by atoms with E-state index in [-0.39, 0.29) is 12.5 Å². The van der Waals surface area contributed by atoms with Crippen molar-refractivity contribution < 1.29 is 24.1 Å². The number of rotatable bonds is 6. The van der Waals surface area contributed by atoms with E-state index in [1.807, 2.05) is 48.5 Å². The molecule has 2 unspecified atom stereocenters. The maximum absolute atomic E-state index is 12.1. The van der Waals surface area contributed by atoms with E-state index < -0.39 is 24.2 Å². The fourth-order valence-electron chi connectivity index (χ4n) is 3.23. The molecule has 0 saturated heterocycles. The Morgan fingerprint density at radius 2 is 1.65 bits per heavy atom. The number of hydrogen-bond donors (Lipinski definition) is 2. The molecule has 132 valence electrons. The zero-order chi connectivity index (χ0) is 18.7. The third-order valence-corrected chi connectivity index (χ3v) is 4.57. The molecule has 0 aliphatic heterocycles. The number of aliphatic carboxylic acids is 1. The van der Waals surface area contributed by atoms with Crippen LogP contribution in [0.15, 0.2) is 48.5 Å². The Kier molecular flexibility index (Phi) is 5.28. The lowest BCUT2D eigenvalue weighted by Crippen LogP contribution is -2.48. The normalized spacial score (nSPS) is 14.8. The summed E-state index contributed by atoms with van der Waals surface area (Å²) in [4.78, 5) is 23.3. The van der Waals surface area contributed by atoms with Gasteiger partial charge in [-0.05, 0) is 29.2 Å². The van der Waals surface area contributed by atoms with Crippen LogP contribution < -0.4 is 5.32 Å². The molecule has 2 aromatic rings. The van der Waals surface area contributed by atoms with Gasteiger partial charge in [0.1, 0.15) is 6.61 Å². The number of carbonyl (C=O) groups excluding carboxylic acids is 1. The molecule has 0 spiro atoms. The molecule has 1 aliphatic rings. The maximum atomic E-state index is 12.1. The Bertz CT molecular complexity index is 780. The first-order valence-electron chi connectivity index (χ1n) is 8.22. The molecule has 2 aromatic carbocycles. The van der Waals surface area contributed by atoms with Crippen LogP contribution in [-0.4, -0.2) is 44.0 Å². The van der Waals surface area contributed by atoms with Crippen LogP contribution in [-0.2, 0) is 14.2 Å². The van der Waals surface area contributed by atoms with Gasteiger partial charge in [-0.2, -0.15) is 0 Å². The number of carboxylic acids is 1. The van der Waals surface area contributed by atoms with Gasteiger partial charge in [-0.3, -0.25) is 0 Å². The molecule has 2 atom stereocenters. The molecule has 0 aromatic heterocycles. The first-order chi connectivity index (χ1) is 12.5. The van der Waals surface area contributed by atoms with E-state index in [2.05, 4.69) is 9.97 Å². The van der Waals surface area contributed by atoms with Gasteiger partial charge in [-0.15, -0.1) is 0 Å². The highest BCUT2D eigenvalue weighted by Gasteiger charge is 2.30. The maximum Gasteiger partial charge on any atom is 0.407 e. The molecule has 2 N–H and O–H groups in total. The van der Waals surface area contributed by atoms with Crippen molar-refractivity contribution in [3.8, 4) is 11.1 Å². The SMILES string of the molecule is [B]OC(C)C(NC(=O)OCC1c2ccccc2-c2ccccc21)C(=O)O. The predicted octanol–water partition coefficient (Wildman–Crippen LogP) is 2.47. The van der Waals surface area contributed by atoms with Crippen LogP contribution in [0, 0.1) is 0 Å². The molecule has 3 rings (SSSR count). The fourth-order valence-corrected chi connectivity index (χ4v) is 3.23. The summed E-state index contributed by atoms with van der Waals surface area (Å²) in [5, 5.41) is 11.4. The van der Waals surface area contributed by atoms with Gasteiger partial charge in [0.25, 0.3) is 8.05 Å². The van der Waals surface area contributed by atoms with Crippen molar-refractivity contribution in [3.63, 3.8) is 0 Å². The quantitative estimate of drug-likeness (QED) is 0.781. The van der Waals surface area contributed by atoms with Crippen LogP contribution in [0.25, 0.3) is 11.1 Å². The third kappa shape index (κ3) is 3.43. The second-order valence-electron chi connectivity index (χ2n) is 6.13. The fraction of sp³-hybridized carbons (Fsp3) is 0.263. The Balaban J connectivity index is 1.72. The Hall–Kier alpha value is -2.80. The van der Waals surface area contributed by atoms with Crippen molar-refractivity contribution in [2.24, 2.45) is 0 Å². The lowest BCUT2D eigenvalue weighted by molar-refractivity contribution is -0.141. The van der Waals surface area contributed by atoms with Crippen molar-refractivity contribution in [2.75, 3.05) is 6.61 Å². The van der Waals surface area contributed by atoms with Crippen LogP contribution in [0.1, 0.15) is 24.0 Å². The minimum atomic E-state index is -1.30. The van der Waals surface area contributed by atoms with Crippen LogP contribution in [0.5, 0.6) is 0 Å². The molecule has 0 heterocycles. The lowest BCUT2D eigenvalue weighted by Gasteiger charge is -2.21. The van der Waals surface area contributed by atoms with Crippen LogP contribution in [0.4, 0.5) is 4.79 Å². The average molecular weight is 351 g/mol. The van der Waals surface area contributed by atoms with Gasteiger partial charge >= 0.3 is 12.1 Å². The Morgan fingerprint density at radius 1 is 1.12 bits per heavy atom. The molecule has 7 heteroatoms. The molecular formula is C19H18BNO5. The standard InChI is InChI=1S/C19H18BNO5/c1-11(26-20)17(18(22)23)21-19(24)25-10-16-14-8-4-2-6-12(14)13-7-3-5-9-15(13)16/h2-9,11,16-17H,10H2,1H3,(H,21,24)(H,22,23). The minimum Gasteiger partial charge on any atom is -0.480 e. The monoisotopic (exact) mass is 351 g/mol. The third-order valence-electron chi connectivity index (χ3n) is 4.57. The van der Waals surface area contributed by atoms with E-state index in [4.69, 9.17) is 17.9 Å². The first kappa shape index (κ1) is 18.0. The number of hydrogen-bond acceptors (Lipinski definition) is 4. The van der Waals surface area contributed by atoms with E-state index in [1.165, 1.54) is 6.92 Å². The average Bonchev–Trinajstić information content (AvgIpc) is 2.97. The summed E-state index contributed by atoms with van der Waals surface area (Å²) in [5.41, 5.74) is 4.39. The molecule has 6 nitrogen and oxygen atoms in total. The number of carboxylic acid groups (broad SMARTS) is 1. The summed E-state index contributed by atoms with van der Waals surface area (Å²) in [6.07, 6.45) is -1.73. The second-order valence-corrected chi connectivity index (χ2v) is 6.13. The molecule has 2 radical (unpaired) electrons. The second kappa shape index (κ2) is 7.62. The van der Waals surface area contributed by atoms with Gasteiger partial charge in [0, 0.05) is 5.92 Å². The van der Waals surface area contributed by atoms with Crippen LogP contribution in [0.3, 0.4) is 0 Å². The number of carbonyl (C=O) groups is 2. The summed E-state index contributed by atoms with van der Waals surface area (Å²) in [6, 6.07) is 14.6. The van der Waals surface area contributed by atoms with Gasteiger partial charge in [0.15, 0.2) is 6.04 Å². The van der Waals surface area contributed by atoms with E-state index in [0.29, 0.717) is 0 Å². The van der Waals surface area contributed by atoms with Crippen molar-refractivity contribution in [1.29, 1.82) is 0 Å². The molecule has 0 fully saturated rings. The van der Waals surface area contributed by atoms with E-state index >= 15 is 0 Å². The van der Waals surface area contributed by atoms with E-state index in [9.17, 15) is 9.59 Å². The largest absolute Gasteiger partial charge is 0.480 e. The highest BCUT2D eigenvalue weighted by atomic mass is 16.5. The summed E-state index contributed by atoms with van der Waals surface area (Å²) >= 11 is 0. The smallest absolute Gasteiger partial charge is 0.407 e.